The molecule has 30 heavy (non-hydrogen) atoms. The van der Waals surface area contributed by atoms with Gasteiger partial charge in [-0.1, -0.05) is 92.7 Å². The molecule has 1 fully saturated rings. The molecule has 0 amide bonds. The third-order valence-corrected chi connectivity index (χ3v) is 7.23. The van der Waals surface area contributed by atoms with Crippen LogP contribution in [-0.4, -0.2) is 19.3 Å². The van der Waals surface area contributed by atoms with Gasteiger partial charge in [-0.15, -0.1) is 0 Å². The molecule has 0 spiro atoms. The van der Waals surface area contributed by atoms with Gasteiger partial charge < -0.3 is 14.7 Å². The Balaban J connectivity index is 1.93. The lowest BCUT2D eigenvalue weighted by Gasteiger charge is -2.53. The number of aliphatic hydroxyl groups is 1. The Labute approximate surface area is 179 Å². The van der Waals surface area contributed by atoms with Gasteiger partial charge in [0.2, 0.25) is 0 Å². The Morgan fingerprint density at radius 1 is 0.733 bits per heavy atom. The number of nitrogens with one attached hydrogen (secondary N) is 1. The number of hydrogen-bond acceptors (Lipinski definition) is 2. The van der Waals surface area contributed by atoms with E-state index in [2.05, 4.69) is 81.6 Å². The SMILES string of the molecule is COc1ccccc1C1(O)[C@@H](C)[C@@H](c2ccccc2)[NH+](C)[C@@H](c2ccccc2)[C@@H]1C. The number of ether oxygens (including phenoxy) is 1. The number of hydrogen-bond donors (Lipinski definition) is 2. The van der Waals surface area contributed by atoms with Crippen molar-refractivity contribution in [2.24, 2.45) is 11.8 Å². The molecule has 1 saturated heterocycles. The lowest BCUT2D eigenvalue weighted by molar-refractivity contribution is -0.962. The fraction of sp³-hybridized carbons (Fsp3) is 0.333. The Morgan fingerprint density at radius 2 is 1.17 bits per heavy atom. The van der Waals surface area contributed by atoms with Crippen molar-refractivity contribution in [1.29, 1.82) is 0 Å². The fourth-order valence-electron chi connectivity index (χ4n) is 5.79. The van der Waals surface area contributed by atoms with E-state index in [1.165, 1.54) is 16.0 Å². The standard InChI is InChI=1S/C27H31NO2/c1-19-25(21-13-7-5-8-14-21)28(3)26(22-15-9-6-10-16-22)20(2)27(19,29)23-17-11-12-18-24(23)30-4/h5-20,25-26,29H,1-4H3/p+1/t19-,20-,25-,26+,27?/m0/s1. The van der Waals surface area contributed by atoms with Gasteiger partial charge in [0.15, 0.2) is 0 Å². The monoisotopic (exact) mass is 402 g/mol. The molecule has 2 unspecified atom stereocenters. The van der Waals surface area contributed by atoms with Crippen molar-refractivity contribution in [2.45, 2.75) is 31.5 Å². The van der Waals surface area contributed by atoms with Gasteiger partial charge in [0, 0.05) is 28.5 Å². The van der Waals surface area contributed by atoms with Crippen molar-refractivity contribution >= 4 is 0 Å². The van der Waals surface area contributed by atoms with Crippen LogP contribution < -0.4 is 9.64 Å². The summed E-state index contributed by atoms with van der Waals surface area (Å²) in [5, 5.41) is 12.5. The number of quaternary nitrogens is 1. The van der Waals surface area contributed by atoms with E-state index < -0.39 is 5.60 Å². The number of rotatable bonds is 4. The van der Waals surface area contributed by atoms with Crippen LogP contribution in [-0.2, 0) is 5.60 Å². The van der Waals surface area contributed by atoms with E-state index in [1.54, 1.807) is 7.11 Å². The van der Waals surface area contributed by atoms with Gasteiger partial charge in [0.1, 0.15) is 23.4 Å². The van der Waals surface area contributed by atoms with E-state index in [-0.39, 0.29) is 23.9 Å². The highest BCUT2D eigenvalue weighted by Gasteiger charge is 2.58. The van der Waals surface area contributed by atoms with Gasteiger partial charge in [-0.2, -0.15) is 0 Å². The molecule has 3 aromatic carbocycles. The Bertz CT molecular complexity index is 919. The lowest BCUT2D eigenvalue weighted by atomic mass is 9.62. The first kappa shape index (κ1) is 20.6. The minimum Gasteiger partial charge on any atom is -0.496 e. The molecule has 2 N–H and O–H groups in total. The molecule has 3 heteroatoms. The van der Waals surface area contributed by atoms with Crippen LogP contribution in [0.2, 0.25) is 0 Å². The molecule has 1 heterocycles. The molecule has 6 atom stereocenters. The van der Waals surface area contributed by atoms with Crippen LogP contribution in [0, 0.1) is 11.8 Å². The second-order valence-corrected chi connectivity index (χ2v) is 8.62. The summed E-state index contributed by atoms with van der Waals surface area (Å²) in [6.07, 6.45) is 0. The van der Waals surface area contributed by atoms with Gasteiger partial charge in [-0.3, -0.25) is 0 Å². The molecule has 0 saturated carbocycles. The van der Waals surface area contributed by atoms with E-state index in [1.807, 2.05) is 24.3 Å². The van der Waals surface area contributed by atoms with Crippen molar-refractivity contribution in [3.05, 3.63) is 102 Å². The highest BCUT2D eigenvalue weighted by atomic mass is 16.5. The van der Waals surface area contributed by atoms with Crippen molar-refractivity contribution in [2.75, 3.05) is 14.2 Å². The van der Waals surface area contributed by atoms with E-state index in [4.69, 9.17) is 4.74 Å². The fourth-order valence-corrected chi connectivity index (χ4v) is 5.79. The summed E-state index contributed by atoms with van der Waals surface area (Å²) in [4.78, 5) is 1.41. The lowest BCUT2D eigenvalue weighted by Crippen LogP contribution is -3.13. The molecular formula is C27H32NO2+. The highest BCUT2D eigenvalue weighted by Crippen LogP contribution is 2.51. The highest BCUT2D eigenvalue weighted by molar-refractivity contribution is 5.41. The minimum atomic E-state index is -1.03. The minimum absolute atomic E-state index is 0.00818. The van der Waals surface area contributed by atoms with Crippen molar-refractivity contribution in [3.63, 3.8) is 0 Å². The van der Waals surface area contributed by atoms with Crippen LogP contribution in [0.5, 0.6) is 5.75 Å². The Kier molecular flexibility index (Phi) is 5.68. The van der Waals surface area contributed by atoms with Crippen LogP contribution in [0.25, 0.3) is 0 Å². The van der Waals surface area contributed by atoms with Gasteiger partial charge in [-0.25, -0.2) is 0 Å². The molecule has 0 aliphatic carbocycles. The molecule has 3 aromatic rings. The Morgan fingerprint density at radius 3 is 1.63 bits per heavy atom. The first-order valence-corrected chi connectivity index (χ1v) is 10.8. The molecule has 156 valence electrons. The zero-order valence-corrected chi connectivity index (χ0v) is 18.2. The van der Waals surface area contributed by atoms with E-state index in [0.717, 1.165) is 11.3 Å². The summed E-state index contributed by atoms with van der Waals surface area (Å²) < 4.78 is 5.70. The van der Waals surface area contributed by atoms with Crippen LogP contribution in [0.15, 0.2) is 84.9 Å². The average Bonchev–Trinajstić information content (AvgIpc) is 2.79. The third kappa shape index (κ3) is 3.23. The predicted octanol–water partition coefficient (Wildman–Crippen LogP) is 4.17. The van der Waals surface area contributed by atoms with E-state index >= 15 is 0 Å². The molecule has 4 rings (SSSR count). The predicted molar refractivity (Wildman–Crippen MR) is 120 cm³/mol. The molecular weight excluding hydrogens is 370 g/mol. The number of para-hydroxylation sites is 1. The van der Waals surface area contributed by atoms with Crippen LogP contribution >= 0.6 is 0 Å². The maximum absolute atomic E-state index is 12.5. The second kappa shape index (κ2) is 8.25. The van der Waals surface area contributed by atoms with Crippen LogP contribution in [0.1, 0.15) is 42.6 Å². The zero-order chi connectivity index (χ0) is 21.3. The van der Waals surface area contributed by atoms with Crippen molar-refractivity contribution in [1.82, 2.24) is 0 Å². The maximum Gasteiger partial charge on any atom is 0.124 e. The second-order valence-electron chi connectivity index (χ2n) is 8.62. The third-order valence-electron chi connectivity index (χ3n) is 7.23. The van der Waals surface area contributed by atoms with E-state index in [0.29, 0.717) is 0 Å². The smallest absolute Gasteiger partial charge is 0.124 e. The Hall–Kier alpha value is -2.62. The summed E-state index contributed by atoms with van der Waals surface area (Å²) in [7, 11) is 3.95. The number of benzene rings is 3. The summed E-state index contributed by atoms with van der Waals surface area (Å²) >= 11 is 0. The molecule has 0 bridgehead atoms. The maximum atomic E-state index is 12.5. The first-order valence-electron chi connectivity index (χ1n) is 10.8. The van der Waals surface area contributed by atoms with Gasteiger partial charge in [0.05, 0.1) is 14.2 Å². The summed E-state index contributed by atoms with van der Waals surface area (Å²) in [5.41, 5.74) is 2.35. The molecule has 0 radical (unpaired) electrons. The molecule has 3 nitrogen and oxygen atoms in total. The topological polar surface area (TPSA) is 33.9 Å². The average molecular weight is 403 g/mol. The zero-order valence-electron chi connectivity index (χ0n) is 18.2. The summed E-state index contributed by atoms with van der Waals surface area (Å²) in [6, 6.07) is 29.4. The summed E-state index contributed by atoms with van der Waals surface area (Å²) in [5.74, 6) is 0.731. The molecule has 0 aromatic heterocycles. The number of piperidine rings is 1. The van der Waals surface area contributed by atoms with Gasteiger partial charge in [0.25, 0.3) is 0 Å². The van der Waals surface area contributed by atoms with Crippen LogP contribution in [0.3, 0.4) is 0 Å². The van der Waals surface area contributed by atoms with E-state index in [9.17, 15) is 5.11 Å². The van der Waals surface area contributed by atoms with Gasteiger partial charge in [-0.05, 0) is 6.07 Å². The number of likely N-dealkylation sites (tertiary alicyclic amines) is 1. The first-order chi connectivity index (χ1) is 14.5. The molecule has 1 aliphatic rings. The quantitative estimate of drug-likeness (QED) is 0.687. The van der Waals surface area contributed by atoms with Crippen molar-refractivity contribution < 1.29 is 14.7 Å². The molecule has 1 aliphatic heterocycles. The largest absolute Gasteiger partial charge is 0.496 e. The number of methoxy groups -OCH3 is 1. The summed E-state index contributed by atoms with van der Waals surface area (Å²) in [6.45, 7) is 4.37. The van der Waals surface area contributed by atoms with Gasteiger partial charge >= 0.3 is 0 Å². The normalized spacial score (nSPS) is 31.3. The van der Waals surface area contributed by atoms with Crippen LogP contribution in [0.4, 0.5) is 0 Å². The van der Waals surface area contributed by atoms with Crippen molar-refractivity contribution in [3.8, 4) is 5.75 Å².